The molecule has 3 nitrogen and oxygen atoms in total. The van der Waals surface area contributed by atoms with Crippen LogP contribution in [-0.4, -0.2) is 37.5 Å². The van der Waals surface area contributed by atoms with Gasteiger partial charge in [-0.25, -0.2) is 4.39 Å². The molecule has 20 heavy (non-hydrogen) atoms. The molecule has 1 aliphatic rings. The topological polar surface area (TPSA) is 32.3 Å². The van der Waals surface area contributed by atoms with Gasteiger partial charge in [0, 0.05) is 19.5 Å². The molecule has 1 aromatic carbocycles. The second kappa shape index (κ2) is 6.84. The van der Waals surface area contributed by atoms with E-state index in [-0.39, 0.29) is 17.6 Å². The second-order valence-electron chi connectivity index (χ2n) is 5.68. The van der Waals surface area contributed by atoms with E-state index in [4.69, 9.17) is 0 Å². The summed E-state index contributed by atoms with van der Waals surface area (Å²) in [5.74, 6) is 0.390. The molecule has 2 rings (SSSR count). The Morgan fingerprint density at radius 1 is 1.50 bits per heavy atom. The zero-order chi connectivity index (χ0) is 14.5. The molecule has 0 bridgehead atoms. The van der Waals surface area contributed by atoms with E-state index >= 15 is 0 Å². The molecular formula is C16H23FN2O. The van der Waals surface area contributed by atoms with Crippen molar-refractivity contribution in [1.82, 2.24) is 10.2 Å². The first-order valence-electron chi connectivity index (χ1n) is 7.28. The van der Waals surface area contributed by atoms with Crippen molar-refractivity contribution in [3.05, 3.63) is 35.6 Å². The van der Waals surface area contributed by atoms with Gasteiger partial charge in [0.05, 0.1) is 0 Å². The van der Waals surface area contributed by atoms with Crippen molar-refractivity contribution in [2.24, 2.45) is 5.92 Å². The summed E-state index contributed by atoms with van der Waals surface area (Å²) in [6, 6.07) is 6.71. The van der Waals surface area contributed by atoms with Crippen LogP contribution in [0.2, 0.25) is 0 Å². The van der Waals surface area contributed by atoms with Crippen LogP contribution in [0.3, 0.4) is 0 Å². The van der Waals surface area contributed by atoms with Crippen LogP contribution in [0.15, 0.2) is 24.3 Å². The summed E-state index contributed by atoms with van der Waals surface area (Å²) >= 11 is 0. The van der Waals surface area contributed by atoms with Crippen molar-refractivity contribution in [2.75, 3.05) is 26.7 Å². The maximum Gasteiger partial charge on any atom is 0.223 e. The second-order valence-corrected chi connectivity index (χ2v) is 5.68. The van der Waals surface area contributed by atoms with Crippen LogP contribution in [0.5, 0.6) is 0 Å². The third-order valence-corrected chi connectivity index (χ3v) is 4.05. The Morgan fingerprint density at radius 3 is 2.95 bits per heavy atom. The highest BCUT2D eigenvalue weighted by atomic mass is 19.1. The molecule has 0 aromatic heterocycles. The smallest absolute Gasteiger partial charge is 0.223 e. The number of hydrogen-bond acceptors (Lipinski definition) is 2. The van der Waals surface area contributed by atoms with E-state index in [1.165, 1.54) is 6.07 Å². The third kappa shape index (κ3) is 3.57. The Labute approximate surface area is 120 Å². The summed E-state index contributed by atoms with van der Waals surface area (Å²) in [4.78, 5) is 14.2. The zero-order valence-corrected chi connectivity index (χ0v) is 12.2. The van der Waals surface area contributed by atoms with E-state index in [0.29, 0.717) is 17.9 Å². The molecule has 0 aliphatic carbocycles. The van der Waals surface area contributed by atoms with E-state index in [2.05, 4.69) is 5.32 Å². The summed E-state index contributed by atoms with van der Waals surface area (Å²) < 4.78 is 13.7. The molecule has 0 radical (unpaired) electrons. The van der Waals surface area contributed by atoms with Crippen molar-refractivity contribution in [1.29, 1.82) is 0 Å². The van der Waals surface area contributed by atoms with Crippen molar-refractivity contribution in [3.8, 4) is 0 Å². The number of carbonyl (C=O) groups excluding carboxylic acids is 1. The lowest BCUT2D eigenvalue weighted by molar-refractivity contribution is -0.130. The SMILES string of the molecule is CNCC1CCN(C(=O)CC(C)c2ccccc2F)C1. The van der Waals surface area contributed by atoms with E-state index in [0.717, 1.165) is 26.1 Å². The fraction of sp³-hybridized carbons (Fsp3) is 0.562. The van der Waals surface area contributed by atoms with Crippen LogP contribution in [0.4, 0.5) is 4.39 Å². The minimum Gasteiger partial charge on any atom is -0.342 e. The summed E-state index contributed by atoms with van der Waals surface area (Å²) in [5, 5.41) is 3.16. The monoisotopic (exact) mass is 278 g/mol. The number of rotatable bonds is 5. The summed E-state index contributed by atoms with van der Waals surface area (Å²) in [6.07, 6.45) is 1.44. The standard InChI is InChI=1S/C16H23FN2O/c1-12(14-5-3-4-6-15(14)17)9-16(20)19-8-7-13(11-19)10-18-2/h3-6,12-13,18H,7-11H2,1-2H3. The summed E-state index contributed by atoms with van der Waals surface area (Å²) in [5.41, 5.74) is 0.631. The number of likely N-dealkylation sites (tertiary alicyclic amines) is 1. The highest BCUT2D eigenvalue weighted by Gasteiger charge is 2.27. The summed E-state index contributed by atoms with van der Waals surface area (Å²) in [7, 11) is 1.94. The van der Waals surface area contributed by atoms with Crippen LogP contribution in [0, 0.1) is 11.7 Å². The quantitative estimate of drug-likeness (QED) is 0.897. The molecule has 0 saturated carbocycles. The molecule has 4 heteroatoms. The fourth-order valence-electron chi connectivity index (χ4n) is 2.89. The van der Waals surface area contributed by atoms with Crippen LogP contribution < -0.4 is 5.32 Å². The van der Waals surface area contributed by atoms with Crippen LogP contribution in [0.25, 0.3) is 0 Å². The van der Waals surface area contributed by atoms with Crippen molar-refractivity contribution in [2.45, 2.75) is 25.7 Å². The van der Waals surface area contributed by atoms with Crippen molar-refractivity contribution >= 4 is 5.91 Å². The normalized spacial score (nSPS) is 20.1. The molecule has 2 unspecified atom stereocenters. The number of nitrogens with one attached hydrogen (secondary N) is 1. The molecule has 1 saturated heterocycles. The Kier molecular flexibility index (Phi) is 5.12. The highest BCUT2D eigenvalue weighted by Crippen LogP contribution is 2.24. The number of benzene rings is 1. The van der Waals surface area contributed by atoms with Gasteiger partial charge in [0.2, 0.25) is 5.91 Å². The van der Waals surface area contributed by atoms with Gasteiger partial charge < -0.3 is 10.2 Å². The van der Waals surface area contributed by atoms with Crippen LogP contribution in [0.1, 0.15) is 31.2 Å². The summed E-state index contributed by atoms with van der Waals surface area (Å²) in [6.45, 7) is 4.52. The van der Waals surface area contributed by atoms with Gasteiger partial charge in [0.15, 0.2) is 0 Å². The van der Waals surface area contributed by atoms with E-state index < -0.39 is 0 Å². The van der Waals surface area contributed by atoms with Crippen molar-refractivity contribution in [3.63, 3.8) is 0 Å². The van der Waals surface area contributed by atoms with E-state index in [9.17, 15) is 9.18 Å². The Bertz CT molecular complexity index is 464. The average molecular weight is 278 g/mol. The molecule has 1 heterocycles. The van der Waals surface area contributed by atoms with Gasteiger partial charge in [-0.3, -0.25) is 4.79 Å². The van der Waals surface area contributed by atoms with Crippen molar-refractivity contribution < 1.29 is 9.18 Å². The highest BCUT2D eigenvalue weighted by molar-refractivity contribution is 5.77. The maximum absolute atomic E-state index is 13.7. The lowest BCUT2D eigenvalue weighted by Crippen LogP contribution is -2.31. The van der Waals surface area contributed by atoms with Gasteiger partial charge in [-0.1, -0.05) is 25.1 Å². The molecular weight excluding hydrogens is 255 g/mol. The first-order chi connectivity index (χ1) is 9.61. The van der Waals surface area contributed by atoms with Gasteiger partial charge in [0.1, 0.15) is 5.82 Å². The lowest BCUT2D eigenvalue weighted by atomic mass is 9.96. The number of hydrogen-bond donors (Lipinski definition) is 1. The first-order valence-corrected chi connectivity index (χ1v) is 7.28. The number of carbonyl (C=O) groups is 1. The van der Waals surface area contributed by atoms with Gasteiger partial charge in [-0.05, 0) is 43.5 Å². The molecule has 1 amide bonds. The molecule has 110 valence electrons. The van der Waals surface area contributed by atoms with Gasteiger partial charge in [-0.15, -0.1) is 0 Å². The number of nitrogens with zero attached hydrogens (tertiary/aromatic N) is 1. The van der Waals surface area contributed by atoms with Gasteiger partial charge in [0.25, 0.3) is 0 Å². The molecule has 1 aromatic rings. The lowest BCUT2D eigenvalue weighted by Gasteiger charge is -2.19. The predicted octanol–water partition coefficient (Wildman–Crippen LogP) is 2.39. The molecule has 0 spiro atoms. The van der Waals surface area contributed by atoms with E-state index in [1.807, 2.05) is 24.9 Å². The number of halogens is 1. The first kappa shape index (κ1) is 15.0. The maximum atomic E-state index is 13.7. The molecule has 1 N–H and O–H groups in total. The Hall–Kier alpha value is -1.42. The fourth-order valence-corrected chi connectivity index (χ4v) is 2.89. The van der Waals surface area contributed by atoms with Gasteiger partial charge in [-0.2, -0.15) is 0 Å². The number of amides is 1. The Morgan fingerprint density at radius 2 is 2.25 bits per heavy atom. The van der Waals surface area contributed by atoms with Crippen LogP contribution in [-0.2, 0) is 4.79 Å². The zero-order valence-electron chi connectivity index (χ0n) is 12.2. The predicted molar refractivity (Wildman–Crippen MR) is 78.0 cm³/mol. The molecule has 1 fully saturated rings. The Balaban J connectivity index is 1.90. The minimum atomic E-state index is -0.220. The minimum absolute atomic E-state index is 0.0768. The average Bonchev–Trinajstić information content (AvgIpc) is 2.88. The largest absolute Gasteiger partial charge is 0.342 e. The molecule has 2 atom stereocenters. The van der Waals surface area contributed by atoms with Gasteiger partial charge >= 0.3 is 0 Å². The molecule has 1 aliphatic heterocycles. The van der Waals surface area contributed by atoms with Crippen LogP contribution >= 0.6 is 0 Å². The third-order valence-electron chi connectivity index (χ3n) is 4.05. The van der Waals surface area contributed by atoms with E-state index in [1.54, 1.807) is 12.1 Å².